The minimum Gasteiger partial charge on any atom is -0.478 e. The molecule has 0 spiro atoms. The Hall–Kier alpha value is -2.28. The van der Waals surface area contributed by atoms with Crippen molar-refractivity contribution in [2.24, 2.45) is 0 Å². The van der Waals surface area contributed by atoms with Crippen LogP contribution in [0.5, 0.6) is 0 Å². The molecule has 1 amide bonds. The SMILES string of the molecule is O=C(O)c1ccncc1NC(=O)c1c(F)cccc1Br. The first-order chi connectivity index (χ1) is 9.50. The molecule has 0 bridgehead atoms. The van der Waals surface area contributed by atoms with Crippen molar-refractivity contribution in [2.45, 2.75) is 0 Å². The van der Waals surface area contributed by atoms with E-state index in [9.17, 15) is 14.0 Å². The van der Waals surface area contributed by atoms with Crippen LogP contribution in [0.3, 0.4) is 0 Å². The predicted molar refractivity (Wildman–Crippen MR) is 73.2 cm³/mol. The zero-order valence-electron chi connectivity index (χ0n) is 9.93. The van der Waals surface area contributed by atoms with Crippen LogP contribution in [0.25, 0.3) is 0 Å². The highest BCUT2D eigenvalue weighted by Gasteiger charge is 2.18. The Balaban J connectivity index is 2.36. The summed E-state index contributed by atoms with van der Waals surface area (Å²) in [6.07, 6.45) is 2.48. The van der Waals surface area contributed by atoms with Gasteiger partial charge in [-0.05, 0) is 34.1 Å². The quantitative estimate of drug-likeness (QED) is 0.901. The third-order valence-corrected chi connectivity index (χ3v) is 3.15. The number of carboxylic acid groups (broad SMARTS) is 1. The molecule has 0 aliphatic heterocycles. The summed E-state index contributed by atoms with van der Waals surface area (Å²) in [7, 11) is 0. The molecular formula is C13H8BrFN2O3. The molecule has 5 nitrogen and oxygen atoms in total. The van der Waals surface area contributed by atoms with E-state index in [0.29, 0.717) is 0 Å². The Morgan fingerprint density at radius 1 is 1.30 bits per heavy atom. The van der Waals surface area contributed by atoms with Gasteiger partial charge in [-0.1, -0.05) is 6.07 Å². The maximum atomic E-state index is 13.6. The Labute approximate surface area is 121 Å². The minimum absolute atomic E-state index is 0.000142. The van der Waals surface area contributed by atoms with Gasteiger partial charge >= 0.3 is 5.97 Å². The number of aromatic nitrogens is 1. The minimum atomic E-state index is -1.21. The number of anilines is 1. The maximum Gasteiger partial charge on any atom is 0.337 e. The van der Waals surface area contributed by atoms with Crippen molar-refractivity contribution in [3.05, 3.63) is 58.1 Å². The second kappa shape index (κ2) is 5.79. The number of halogens is 2. The topological polar surface area (TPSA) is 79.3 Å². The zero-order valence-corrected chi connectivity index (χ0v) is 11.5. The van der Waals surface area contributed by atoms with Gasteiger partial charge in [-0.2, -0.15) is 0 Å². The average Bonchev–Trinajstić information content (AvgIpc) is 2.38. The third kappa shape index (κ3) is 2.83. The van der Waals surface area contributed by atoms with Gasteiger partial charge in [0.25, 0.3) is 5.91 Å². The molecule has 20 heavy (non-hydrogen) atoms. The van der Waals surface area contributed by atoms with Gasteiger partial charge < -0.3 is 10.4 Å². The first-order valence-corrected chi connectivity index (χ1v) is 6.22. The average molecular weight is 339 g/mol. The molecule has 0 radical (unpaired) electrons. The van der Waals surface area contributed by atoms with E-state index in [-0.39, 0.29) is 21.3 Å². The van der Waals surface area contributed by atoms with Gasteiger partial charge in [0.1, 0.15) is 5.82 Å². The first-order valence-electron chi connectivity index (χ1n) is 5.43. The van der Waals surface area contributed by atoms with E-state index in [1.54, 1.807) is 0 Å². The summed E-state index contributed by atoms with van der Waals surface area (Å²) in [5.41, 5.74) is -0.325. The number of aromatic carboxylic acids is 1. The van der Waals surface area contributed by atoms with E-state index >= 15 is 0 Å². The van der Waals surface area contributed by atoms with Gasteiger partial charge in [0, 0.05) is 10.7 Å². The number of benzene rings is 1. The van der Waals surface area contributed by atoms with Gasteiger partial charge in [0.05, 0.1) is 23.0 Å². The van der Waals surface area contributed by atoms with E-state index in [4.69, 9.17) is 5.11 Å². The molecule has 0 unspecified atom stereocenters. The number of rotatable bonds is 3. The molecule has 0 aliphatic rings. The number of pyridine rings is 1. The van der Waals surface area contributed by atoms with E-state index in [0.717, 1.165) is 6.07 Å². The van der Waals surface area contributed by atoms with Crippen LogP contribution >= 0.6 is 15.9 Å². The maximum absolute atomic E-state index is 13.6. The summed E-state index contributed by atoms with van der Waals surface area (Å²) in [5, 5.41) is 11.3. The number of amides is 1. The molecule has 0 saturated heterocycles. The smallest absolute Gasteiger partial charge is 0.337 e. The van der Waals surface area contributed by atoms with Gasteiger partial charge in [-0.3, -0.25) is 9.78 Å². The van der Waals surface area contributed by atoms with E-state index in [1.165, 1.54) is 30.6 Å². The van der Waals surface area contributed by atoms with Crippen LogP contribution in [0, 0.1) is 5.82 Å². The Kier molecular flexibility index (Phi) is 4.09. The van der Waals surface area contributed by atoms with Crippen molar-refractivity contribution >= 4 is 33.5 Å². The second-order valence-corrected chi connectivity index (χ2v) is 4.63. The third-order valence-electron chi connectivity index (χ3n) is 2.49. The number of nitrogens with one attached hydrogen (secondary N) is 1. The van der Waals surface area contributed by atoms with Crippen LogP contribution in [0.1, 0.15) is 20.7 Å². The van der Waals surface area contributed by atoms with Gasteiger partial charge in [0.15, 0.2) is 0 Å². The molecule has 0 saturated carbocycles. The van der Waals surface area contributed by atoms with Crippen molar-refractivity contribution in [3.63, 3.8) is 0 Å². The molecular weight excluding hydrogens is 331 g/mol. The number of hydrogen-bond acceptors (Lipinski definition) is 3. The molecule has 1 aromatic heterocycles. The van der Waals surface area contributed by atoms with Crippen molar-refractivity contribution < 1.29 is 19.1 Å². The van der Waals surface area contributed by atoms with Crippen molar-refractivity contribution in [2.75, 3.05) is 5.32 Å². The summed E-state index contributed by atoms with van der Waals surface area (Å²) in [4.78, 5) is 26.8. The molecule has 2 rings (SSSR count). The molecule has 102 valence electrons. The van der Waals surface area contributed by atoms with Crippen LogP contribution in [0.15, 0.2) is 41.1 Å². The standard InChI is InChI=1S/C13H8BrFN2O3/c14-8-2-1-3-9(15)11(8)12(18)17-10-6-16-5-4-7(10)13(19)20/h1-6H,(H,17,18)(H,19,20). The number of carboxylic acids is 1. The molecule has 0 fully saturated rings. The zero-order chi connectivity index (χ0) is 14.7. The lowest BCUT2D eigenvalue weighted by molar-refractivity contribution is 0.0698. The molecule has 0 atom stereocenters. The Bertz CT molecular complexity index is 671. The largest absolute Gasteiger partial charge is 0.478 e. The summed E-state index contributed by atoms with van der Waals surface area (Å²) >= 11 is 3.08. The highest BCUT2D eigenvalue weighted by molar-refractivity contribution is 9.10. The van der Waals surface area contributed by atoms with Crippen LogP contribution in [-0.4, -0.2) is 22.0 Å². The summed E-state index contributed by atoms with van der Waals surface area (Å²) in [5.74, 6) is -2.68. The van der Waals surface area contributed by atoms with Crippen molar-refractivity contribution in [3.8, 4) is 0 Å². The Morgan fingerprint density at radius 3 is 2.70 bits per heavy atom. The van der Waals surface area contributed by atoms with Crippen LogP contribution in [-0.2, 0) is 0 Å². The number of nitrogens with zero attached hydrogens (tertiary/aromatic N) is 1. The van der Waals surface area contributed by atoms with E-state index in [1.807, 2.05) is 0 Å². The molecule has 1 heterocycles. The monoisotopic (exact) mass is 338 g/mol. The molecule has 2 N–H and O–H groups in total. The van der Waals surface area contributed by atoms with Crippen molar-refractivity contribution in [1.29, 1.82) is 0 Å². The predicted octanol–water partition coefficient (Wildman–Crippen LogP) is 2.93. The van der Waals surface area contributed by atoms with Gasteiger partial charge in [-0.15, -0.1) is 0 Å². The normalized spacial score (nSPS) is 10.1. The van der Waals surface area contributed by atoms with E-state index in [2.05, 4.69) is 26.2 Å². The first kappa shape index (κ1) is 14.1. The molecule has 0 aliphatic carbocycles. The van der Waals surface area contributed by atoms with E-state index < -0.39 is 17.7 Å². The Morgan fingerprint density at radius 2 is 2.05 bits per heavy atom. The summed E-state index contributed by atoms with van der Waals surface area (Å²) < 4.78 is 13.9. The fourth-order valence-electron chi connectivity index (χ4n) is 1.58. The highest BCUT2D eigenvalue weighted by Crippen LogP contribution is 2.22. The van der Waals surface area contributed by atoms with Crippen LogP contribution in [0.4, 0.5) is 10.1 Å². The van der Waals surface area contributed by atoms with Crippen molar-refractivity contribution in [1.82, 2.24) is 4.98 Å². The summed E-state index contributed by atoms with van der Waals surface area (Å²) in [6, 6.07) is 5.34. The second-order valence-electron chi connectivity index (χ2n) is 3.78. The highest BCUT2D eigenvalue weighted by atomic mass is 79.9. The van der Waals surface area contributed by atoms with Crippen LogP contribution < -0.4 is 5.32 Å². The van der Waals surface area contributed by atoms with Gasteiger partial charge in [0.2, 0.25) is 0 Å². The lowest BCUT2D eigenvalue weighted by Crippen LogP contribution is -2.17. The van der Waals surface area contributed by atoms with Gasteiger partial charge in [-0.25, -0.2) is 9.18 Å². The summed E-state index contributed by atoms with van der Waals surface area (Å²) in [6.45, 7) is 0. The molecule has 7 heteroatoms. The fraction of sp³-hybridized carbons (Fsp3) is 0. The lowest BCUT2D eigenvalue weighted by atomic mass is 10.1. The van der Waals surface area contributed by atoms with Crippen LogP contribution in [0.2, 0.25) is 0 Å². The number of carbonyl (C=O) groups excluding carboxylic acids is 1. The number of hydrogen-bond donors (Lipinski definition) is 2. The fourth-order valence-corrected chi connectivity index (χ4v) is 2.10. The molecule has 2 aromatic rings. The molecule has 1 aromatic carbocycles. The number of carbonyl (C=O) groups is 2. The lowest BCUT2D eigenvalue weighted by Gasteiger charge is -2.09.